The number of nitrogens with one attached hydrogen (secondary N) is 1. The van der Waals surface area contributed by atoms with Crippen molar-refractivity contribution in [1.29, 1.82) is 0 Å². The van der Waals surface area contributed by atoms with Crippen LogP contribution in [-0.2, 0) is 53.9 Å². The number of aromatic hydroxyl groups is 1. The summed E-state index contributed by atoms with van der Waals surface area (Å²) in [4.78, 5) is 66.8. The molecule has 4 atom stereocenters. The number of halogens is 4. The lowest BCUT2D eigenvalue weighted by atomic mass is 10.1. The molecule has 4 N–H and O–H groups in total. The Morgan fingerprint density at radius 3 is 1.58 bits per heavy atom. The smallest absolute Gasteiger partial charge is 0.337 e. The summed E-state index contributed by atoms with van der Waals surface area (Å²) in [5, 5.41) is 12.2. The SMILES string of the molecule is COc1ccc(Cn2c(=O)c3c(Oc4cccc(O[C@@H]5CCOC5)c4C)cc(=O)n(C)c3n(-c3ccc(I)cc3F)c2=O)cc1.CS(=O)(=O)O[C@H]1CCOC1.Cc1c(O)cccc1O[C@@H]1CCOC1.Cc1c(Oc2cc(=O)n(C)c(Nc3ccc(I)cc3F)c2C(N)=O)cccc1O[C@@H]1CCOC1. The van der Waals surface area contributed by atoms with Gasteiger partial charge in [0.15, 0.2) is 0 Å². The van der Waals surface area contributed by atoms with Crippen molar-refractivity contribution in [2.24, 2.45) is 19.8 Å². The van der Waals surface area contributed by atoms with Crippen LogP contribution in [0.15, 0.2) is 147 Å². The molecule has 7 heterocycles. The Morgan fingerprint density at radius 2 is 1.09 bits per heavy atom. The summed E-state index contributed by atoms with van der Waals surface area (Å²) in [7, 11) is 1.13. The quantitative estimate of drug-likeness (QED) is 0.0500. The zero-order valence-corrected chi connectivity index (χ0v) is 62.3. The fourth-order valence-corrected chi connectivity index (χ4v) is 12.8. The van der Waals surface area contributed by atoms with Crippen molar-refractivity contribution in [2.75, 3.05) is 71.5 Å². The third kappa shape index (κ3) is 19.3. The number of aromatic nitrogens is 4. The fourth-order valence-electron chi connectivity index (χ4n) is 11.3. The van der Waals surface area contributed by atoms with Gasteiger partial charge in [0, 0.05) is 82.3 Å². The van der Waals surface area contributed by atoms with Gasteiger partial charge in [0.05, 0.1) is 77.5 Å². The maximum atomic E-state index is 15.5. The molecule has 9 aromatic rings. The van der Waals surface area contributed by atoms with Gasteiger partial charge in [-0.25, -0.2) is 18.1 Å². The number of anilines is 2. The molecule has 30 heteroatoms. The summed E-state index contributed by atoms with van der Waals surface area (Å²) in [6.45, 7) is 9.99. The van der Waals surface area contributed by atoms with Gasteiger partial charge < -0.3 is 63.5 Å². The zero-order chi connectivity index (χ0) is 73.8. The fraction of sp³-hybridized carbons (Fsp3) is 0.329. The molecular weight excluding hydrogens is 1590 g/mol. The normalized spacial score (nSPS) is 16.9. The Hall–Kier alpha value is -8.90. The van der Waals surface area contributed by atoms with E-state index in [0.717, 1.165) is 57.1 Å². The minimum Gasteiger partial charge on any atom is -0.508 e. The Labute approximate surface area is 618 Å². The minimum absolute atomic E-state index is 0.0169. The van der Waals surface area contributed by atoms with Gasteiger partial charge >= 0.3 is 5.69 Å². The molecule has 3 aromatic heterocycles. The van der Waals surface area contributed by atoms with E-state index in [1.807, 2.05) is 84.2 Å². The minimum atomic E-state index is -3.29. The molecule has 0 aliphatic carbocycles. The zero-order valence-electron chi connectivity index (χ0n) is 57.2. The molecule has 13 rings (SSSR count). The first-order chi connectivity index (χ1) is 49.2. The Kier molecular flexibility index (Phi) is 25.8. The summed E-state index contributed by atoms with van der Waals surface area (Å²) >= 11 is 3.95. The number of amides is 1. The first kappa shape index (κ1) is 76.7. The number of ether oxygens (including phenoxy) is 10. The number of nitrogens with two attached hydrogens (primary N) is 1. The summed E-state index contributed by atoms with van der Waals surface area (Å²) < 4.78 is 118. The number of rotatable bonds is 19. The lowest BCUT2D eigenvalue weighted by Crippen LogP contribution is -2.42. The van der Waals surface area contributed by atoms with Crippen molar-refractivity contribution < 1.29 is 78.7 Å². The van der Waals surface area contributed by atoms with Crippen LogP contribution in [0.25, 0.3) is 16.7 Å². The molecule has 0 saturated carbocycles. The maximum absolute atomic E-state index is 15.5. The van der Waals surface area contributed by atoms with E-state index in [2.05, 4.69) is 9.50 Å². The highest BCUT2D eigenvalue weighted by Gasteiger charge is 2.28. The standard InChI is InChI=1S/C33H29FIN3O7.C24H23FIN3O5.C11H14O3.C5H10O4S/c1-19-26(44-23-13-14-43-18-23)5-4-6-27(19)45-28-16-29(39)36(2)31-30(28)32(40)37(17-20-7-10-22(42-3)11-8-20)33(41)38(31)25-12-9-21(35)15-24(25)34;1-13-18(33-15-8-9-32-12-15)4-3-5-19(13)34-20-11-21(30)29(2)24(22(20)23(27)31)28-17-7-6-14(26)10-16(17)25;1-8-10(12)3-2-4-11(8)14-9-5-6-13-7-9;1-10(6,7)9-5-2-3-8-4-5/h4-12,15-16,23H,13-14,17-18H2,1-3H3;3-7,10-11,15,28H,8-9,12H2,1-2H3,(H2,27,31);2-4,9,12H,5-7H2,1H3;5H,2-4H2,1H3/t23-;15-;9-;5-/m1110/s1. The second-order valence-electron chi connectivity index (χ2n) is 24.3. The second-order valence-corrected chi connectivity index (χ2v) is 28.4. The highest BCUT2D eigenvalue weighted by Crippen LogP contribution is 2.38. The summed E-state index contributed by atoms with van der Waals surface area (Å²) in [6.07, 6.45) is 3.91. The monoisotopic (exact) mass is 1660 g/mol. The Balaban J connectivity index is 0.000000170. The third-order valence-electron chi connectivity index (χ3n) is 16.9. The number of phenols is 1. The average Bonchev–Trinajstić information content (AvgIpc) is 0.779. The van der Waals surface area contributed by atoms with Gasteiger partial charge in [0.2, 0.25) is 0 Å². The maximum Gasteiger partial charge on any atom is 0.337 e. The molecule has 6 aromatic carbocycles. The van der Waals surface area contributed by atoms with Gasteiger partial charge in [-0.1, -0.05) is 30.3 Å². The molecule has 4 saturated heterocycles. The van der Waals surface area contributed by atoms with E-state index in [-0.39, 0.29) is 82.0 Å². The van der Waals surface area contributed by atoms with Crippen LogP contribution < -0.4 is 61.8 Å². The molecule has 0 unspecified atom stereocenters. The molecule has 4 fully saturated rings. The molecule has 103 heavy (non-hydrogen) atoms. The van der Waals surface area contributed by atoms with E-state index in [4.69, 9.17) is 53.1 Å². The largest absolute Gasteiger partial charge is 0.508 e. The van der Waals surface area contributed by atoms with Gasteiger partial charge in [0.25, 0.3) is 32.7 Å². The van der Waals surface area contributed by atoms with E-state index < -0.39 is 50.0 Å². The molecular formula is C73H76F2I2N6O19S. The lowest BCUT2D eigenvalue weighted by Gasteiger charge is -2.20. The number of primary amides is 1. The second kappa shape index (κ2) is 34.6. The van der Waals surface area contributed by atoms with Crippen LogP contribution in [0.1, 0.15) is 58.3 Å². The molecule has 546 valence electrons. The van der Waals surface area contributed by atoms with E-state index >= 15 is 4.39 Å². The molecule has 4 aliphatic heterocycles. The van der Waals surface area contributed by atoms with Gasteiger partial charge in [-0.2, -0.15) is 8.42 Å². The third-order valence-corrected chi connectivity index (χ3v) is 18.8. The van der Waals surface area contributed by atoms with Crippen molar-refractivity contribution in [2.45, 2.75) is 77.4 Å². The number of hydrogen-bond donors (Lipinski definition) is 3. The molecule has 0 radical (unpaired) electrons. The number of nitrogens with zero attached hydrogens (tertiary/aromatic N) is 4. The Bertz CT molecular complexity index is 4930. The van der Waals surface area contributed by atoms with E-state index in [9.17, 15) is 41.9 Å². The van der Waals surface area contributed by atoms with E-state index in [1.165, 1.54) is 62.2 Å². The van der Waals surface area contributed by atoms with Crippen LogP contribution in [0.3, 0.4) is 0 Å². The van der Waals surface area contributed by atoms with Crippen LogP contribution in [0.4, 0.5) is 20.3 Å². The number of carbonyl (C=O) groups excluding carboxylic acids is 1. The van der Waals surface area contributed by atoms with Crippen molar-refractivity contribution in [3.8, 4) is 57.4 Å². The summed E-state index contributed by atoms with van der Waals surface area (Å²) in [6, 6.07) is 34.0. The highest BCUT2D eigenvalue weighted by molar-refractivity contribution is 14.1. The molecule has 0 spiro atoms. The predicted molar refractivity (Wildman–Crippen MR) is 396 cm³/mol. The number of aryl methyl sites for hydroxylation is 1. The van der Waals surface area contributed by atoms with Crippen LogP contribution in [0.5, 0.6) is 51.7 Å². The molecule has 4 aliphatic rings. The number of phenolic OH excluding ortho intramolecular Hbond substituents is 1. The van der Waals surface area contributed by atoms with Crippen molar-refractivity contribution >= 4 is 83.7 Å². The van der Waals surface area contributed by atoms with Crippen molar-refractivity contribution in [3.63, 3.8) is 0 Å². The molecule has 1 amide bonds. The number of benzene rings is 6. The van der Waals surface area contributed by atoms with Crippen LogP contribution >= 0.6 is 45.2 Å². The lowest BCUT2D eigenvalue weighted by molar-refractivity contribution is 0.0998. The van der Waals surface area contributed by atoms with Gasteiger partial charge in [-0.3, -0.25) is 37.1 Å². The van der Waals surface area contributed by atoms with Gasteiger partial charge in [0.1, 0.15) is 110 Å². The van der Waals surface area contributed by atoms with Gasteiger partial charge in [-0.05, 0) is 156 Å². The summed E-state index contributed by atoms with van der Waals surface area (Å²) in [5.41, 5.74) is 5.65. The molecule has 25 nitrogen and oxygen atoms in total. The predicted octanol–water partition coefficient (Wildman–Crippen LogP) is 10.8. The number of pyridine rings is 2. The Morgan fingerprint density at radius 1 is 0.612 bits per heavy atom. The van der Waals surface area contributed by atoms with Crippen LogP contribution in [-0.4, -0.2) is 128 Å². The highest BCUT2D eigenvalue weighted by atomic mass is 127. The van der Waals surface area contributed by atoms with E-state index in [0.29, 0.717) is 105 Å². The van der Waals surface area contributed by atoms with Crippen molar-refractivity contribution in [3.05, 3.63) is 216 Å². The van der Waals surface area contributed by atoms with Crippen LogP contribution in [0.2, 0.25) is 0 Å². The first-order valence-corrected chi connectivity index (χ1v) is 36.5. The topological polar surface area (TPSA) is 299 Å². The van der Waals surface area contributed by atoms with Crippen molar-refractivity contribution in [1.82, 2.24) is 18.3 Å². The number of carbonyl (C=O) groups is 1. The average molecular weight is 1670 g/mol. The van der Waals surface area contributed by atoms with Gasteiger partial charge in [-0.15, -0.1) is 0 Å². The number of hydrogen-bond acceptors (Lipinski definition) is 20. The molecule has 0 bridgehead atoms. The summed E-state index contributed by atoms with van der Waals surface area (Å²) in [5.74, 6) is 1.36. The van der Waals surface area contributed by atoms with Crippen LogP contribution in [0, 0.1) is 39.5 Å². The number of fused-ring (bicyclic) bond motifs is 1. The number of methoxy groups -OCH3 is 1. The first-order valence-electron chi connectivity index (χ1n) is 32.5. The van der Waals surface area contributed by atoms with E-state index in [1.54, 1.807) is 72.8 Å².